The lowest BCUT2D eigenvalue weighted by molar-refractivity contribution is -0.127. The molecule has 0 aromatic heterocycles. The van der Waals surface area contributed by atoms with Crippen molar-refractivity contribution in [3.05, 3.63) is 29.3 Å². The standard InChI is InChI=1S/C20H27N5O3/c21-19(25-6-2-1-3-7-25)14-4-5-15(16-13-18(20(22)26)28-23-16)17(12-14)24-8-10-27-11-9-24/h4-5,12,18,21H,1-3,6-11,13H2,(H2,22,26). The van der Waals surface area contributed by atoms with Gasteiger partial charge in [-0.2, -0.15) is 0 Å². The number of oxime groups is 1. The molecule has 8 heteroatoms. The lowest BCUT2D eigenvalue weighted by atomic mass is 9.98. The number of rotatable bonds is 4. The lowest BCUT2D eigenvalue weighted by Crippen LogP contribution is -2.38. The highest BCUT2D eigenvalue weighted by molar-refractivity contribution is 6.09. The number of likely N-dealkylation sites (tertiary alicyclic amines) is 1. The fraction of sp³-hybridized carbons (Fsp3) is 0.550. The average molecular weight is 385 g/mol. The minimum absolute atomic E-state index is 0.371. The number of carbonyl (C=O) groups excluding carboxylic acids is 1. The fourth-order valence-electron chi connectivity index (χ4n) is 3.98. The minimum atomic E-state index is -0.709. The number of benzene rings is 1. The van der Waals surface area contributed by atoms with Gasteiger partial charge in [-0.1, -0.05) is 17.3 Å². The Hall–Kier alpha value is -2.61. The molecule has 3 aliphatic heterocycles. The Kier molecular flexibility index (Phi) is 5.47. The molecule has 1 atom stereocenters. The van der Waals surface area contributed by atoms with Crippen LogP contribution < -0.4 is 10.6 Å². The summed E-state index contributed by atoms with van der Waals surface area (Å²) in [6.07, 6.45) is 3.18. The van der Waals surface area contributed by atoms with Crippen molar-refractivity contribution in [3.8, 4) is 0 Å². The molecule has 0 aliphatic carbocycles. The molecule has 2 fully saturated rings. The van der Waals surface area contributed by atoms with Gasteiger partial charge in [0.05, 0.1) is 18.9 Å². The van der Waals surface area contributed by atoms with E-state index in [0.717, 1.165) is 61.5 Å². The van der Waals surface area contributed by atoms with E-state index in [1.54, 1.807) is 0 Å². The predicted molar refractivity (Wildman–Crippen MR) is 107 cm³/mol. The van der Waals surface area contributed by atoms with Crippen LogP contribution in [0.3, 0.4) is 0 Å². The molecule has 1 unspecified atom stereocenters. The van der Waals surface area contributed by atoms with E-state index in [1.165, 1.54) is 6.42 Å². The number of morpholine rings is 1. The second-order valence-electron chi connectivity index (χ2n) is 7.47. The third kappa shape index (κ3) is 3.82. The molecule has 1 aromatic rings. The number of amidine groups is 1. The van der Waals surface area contributed by atoms with Crippen molar-refractivity contribution in [2.45, 2.75) is 31.8 Å². The Labute approximate surface area is 164 Å². The Morgan fingerprint density at radius 1 is 1.14 bits per heavy atom. The first-order chi connectivity index (χ1) is 13.6. The van der Waals surface area contributed by atoms with E-state index < -0.39 is 12.0 Å². The van der Waals surface area contributed by atoms with E-state index in [-0.39, 0.29) is 0 Å². The van der Waals surface area contributed by atoms with Crippen molar-refractivity contribution in [2.75, 3.05) is 44.3 Å². The SMILES string of the molecule is N=C(c1ccc(C2=NOC(C(N)=O)C2)c(N2CCOCC2)c1)N1CCCCC1. The summed E-state index contributed by atoms with van der Waals surface area (Å²) < 4.78 is 5.50. The quantitative estimate of drug-likeness (QED) is 0.601. The number of anilines is 1. The first kappa shape index (κ1) is 18.7. The first-order valence-electron chi connectivity index (χ1n) is 9.96. The zero-order chi connectivity index (χ0) is 19.5. The number of piperidine rings is 1. The van der Waals surface area contributed by atoms with Crippen LogP contribution in [0.4, 0.5) is 5.69 Å². The summed E-state index contributed by atoms with van der Waals surface area (Å²) in [6, 6.07) is 6.03. The highest BCUT2D eigenvalue weighted by atomic mass is 16.6. The summed E-state index contributed by atoms with van der Waals surface area (Å²) in [6.45, 7) is 4.77. The van der Waals surface area contributed by atoms with Crippen molar-refractivity contribution < 1.29 is 14.4 Å². The third-order valence-electron chi connectivity index (χ3n) is 5.59. The topological polar surface area (TPSA) is 104 Å². The molecule has 0 bridgehead atoms. The zero-order valence-corrected chi connectivity index (χ0v) is 16.0. The second-order valence-corrected chi connectivity index (χ2v) is 7.47. The van der Waals surface area contributed by atoms with Crippen LogP contribution in [0.2, 0.25) is 0 Å². The Bertz CT molecular complexity index is 782. The van der Waals surface area contributed by atoms with Crippen molar-refractivity contribution >= 4 is 23.1 Å². The normalized spacial score (nSPS) is 22.6. The number of hydrogen-bond acceptors (Lipinski definition) is 6. The van der Waals surface area contributed by atoms with Gasteiger partial charge in [-0.25, -0.2) is 0 Å². The summed E-state index contributed by atoms with van der Waals surface area (Å²) in [5, 5.41) is 12.8. The Balaban J connectivity index is 1.64. The third-order valence-corrected chi connectivity index (χ3v) is 5.59. The van der Waals surface area contributed by atoms with Gasteiger partial charge in [-0.15, -0.1) is 0 Å². The number of nitrogens with one attached hydrogen (secondary N) is 1. The summed E-state index contributed by atoms with van der Waals surface area (Å²) in [5.41, 5.74) is 8.93. The second kappa shape index (κ2) is 8.18. The number of nitrogens with two attached hydrogens (primary N) is 1. The molecule has 8 nitrogen and oxygen atoms in total. The van der Waals surface area contributed by atoms with Gasteiger partial charge in [-0.05, 0) is 25.3 Å². The molecular formula is C20H27N5O3. The van der Waals surface area contributed by atoms with Gasteiger partial charge in [0.2, 0.25) is 6.10 Å². The van der Waals surface area contributed by atoms with E-state index in [2.05, 4.69) is 21.0 Å². The molecule has 150 valence electrons. The van der Waals surface area contributed by atoms with Gasteiger partial charge in [0.15, 0.2) is 0 Å². The molecule has 4 rings (SSSR count). The Morgan fingerprint density at radius 3 is 2.57 bits per heavy atom. The summed E-state index contributed by atoms with van der Waals surface area (Å²) in [4.78, 5) is 21.1. The summed E-state index contributed by atoms with van der Waals surface area (Å²) >= 11 is 0. The molecule has 3 heterocycles. The summed E-state index contributed by atoms with van der Waals surface area (Å²) in [5.74, 6) is 0.0653. The highest BCUT2D eigenvalue weighted by Crippen LogP contribution is 2.29. The highest BCUT2D eigenvalue weighted by Gasteiger charge is 2.30. The molecular weight excluding hydrogens is 358 g/mol. The van der Waals surface area contributed by atoms with E-state index in [1.807, 2.05) is 12.1 Å². The molecule has 3 N–H and O–H groups in total. The van der Waals surface area contributed by atoms with Crippen LogP contribution in [0.25, 0.3) is 0 Å². The van der Waals surface area contributed by atoms with Crippen LogP contribution in [-0.2, 0) is 14.4 Å². The molecule has 3 aliphatic rings. The van der Waals surface area contributed by atoms with Crippen LogP contribution in [0.15, 0.2) is 23.4 Å². The van der Waals surface area contributed by atoms with Crippen LogP contribution in [0.1, 0.15) is 36.8 Å². The van der Waals surface area contributed by atoms with Gasteiger partial charge < -0.3 is 25.1 Å². The van der Waals surface area contributed by atoms with Crippen molar-refractivity contribution in [1.29, 1.82) is 5.41 Å². The van der Waals surface area contributed by atoms with Crippen LogP contribution >= 0.6 is 0 Å². The number of hydrogen-bond donors (Lipinski definition) is 2. The Morgan fingerprint density at radius 2 is 1.89 bits per heavy atom. The minimum Gasteiger partial charge on any atom is -0.382 e. The van der Waals surface area contributed by atoms with Crippen LogP contribution in [0, 0.1) is 5.41 Å². The number of nitrogens with zero attached hydrogens (tertiary/aromatic N) is 3. The molecule has 0 spiro atoms. The number of primary amides is 1. The summed E-state index contributed by atoms with van der Waals surface area (Å²) in [7, 11) is 0. The maximum atomic E-state index is 11.4. The molecule has 28 heavy (non-hydrogen) atoms. The van der Waals surface area contributed by atoms with Gasteiger partial charge >= 0.3 is 0 Å². The van der Waals surface area contributed by atoms with Crippen LogP contribution in [-0.4, -0.2) is 67.9 Å². The largest absolute Gasteiger partial charge is 0.382 e. The average Bonchev–Trinajstić information content (AvgIpc) is 3.24. The molecule has 1 aromatic carbocycles. The van der Waals surface area contributed by atoms with Gasteiger partial charge in [0.1, 0.15) is 5.84 Å². The van der Waals surface area contributed by atoms with Crippen molar-refractivity contribution in [1.82, 2.24) is 4.90 Å². The van der Waals surface area contributed by atoms with Gasteiger partial charge in [0.25, 0.3) is 5.91 Å². The number of amides is 1. The fourth-order valence-corrected chi connectivity index (χ4v) is 3.98. The number of ether oxygens (including phenoxy) is 1. The van der Waals surface area contributed by atoms with E-state index in [0.29, 0.717) is 25.5 Å². The maximum Gasteiger partial charge on any atom is 0.261 e. The molecule has 0 radical (unpaired) electrons. The first-order valence-corrected chi connectivity index (χ1v) is 9.96. The monoisotopic (exact) mass is 385 g/mol. The zero-order valence-electron chi connectivity index (χ0n) is 16.0. The smallest absolute Gasteiger partial charge is 0.261 e. The molecule has 2 saturated heterocycles. The van der Waals surface area contributed by atoms with E-state index in [4.69, 9.17) is 20.7 Å². The molecule has 0 saturated carbocycles. The van der Waals surface area contributed by atoms with Gasteiger partial charge in [-0.3, -0.25) is 10.2 Å². The van der Waals surface area contributed by atoms with Crippen LogP contribution in [0.5, 0.6) is 0 Å². The van der Waals surface area contributed by atoms with Crippen molar-refractivity contribution in [2.24, 2.45) is 10.9 Å². The number of carbonyl (C=O) groups is 1. The van der Waals surface area contributed by atoms with Gasteiger partial charge in [0, 0.05) is 49.4 Å². The van der Waals surface area contributed by atoms with E-state index >= 15 is 0 Å². The van der Waals surface area contributed by atoms with E-state index in [9.17, 15) is 4.79 Å². The predicted octanol–water partition coefficient (Wildman–Crippen LogP) is 1.31. The lowest BCUT2D eigenvalue weighted by Gasteiger charge is -2.32. The van der Waals surface area contributed by atoms with Crippen molar-refractivity contribution in [3.63, 3.8) is 0 Å². The molecule has 1 amide bonds. The maximum absolute atomic E-state index is 11.4.